The summed E-state index contributed by atoms with van der Waals surface area (Å²) in [6.45, 7) is 8.15. The van der Waals surface area contributed by atoms with E-state index in [0.29, 0.717) is 12.3 Å². The van der Waals surface area contributed by atoms with Crippen LogP contribution in [0.25, 0.3) is 0 Å². The van der Waals surface area contributed by atoms with Crippen LogP contribution >= 0.6 is 0 Å². The first-order valence-corrected chi connectivity index (χ1v) is 6.24. The number of fused-ring (bicyclic) bond motifs is 1. The van der Waals surface area contributed by atoms with Gasteiger partial charge in [0.1, 0.15) is 0 Å². The van der Waals surface area contributed by atoms with E-state index in [0.717, 1.165) is 17.9 Å². The zero-order valence-electron chi connectivity index (χ0n) is 11.2. The van der Waals surface area contributed by atoms with Crippen LogP contribution in [0.2, 0.25) is 0 Å². The molecule has 0 amide bonds. The molecule has 1 heterocycles. The first-order chi connectivity index (χ1) is 8.46. The molecule has 100 valence electrons. The minimum Gasteiger partial charge on any atom is -0.454 e. The molecule has 1 atom stereocenters. The molecule has 1 aromatic rings. The molecule has 4 heteroatoms. The van der Waals surface area contributed by atoms with Gasteiger partial charge in [-0.3, -0.25) is 0 Å². The molecule has 0 radical (unpaired) electrons. The van der Waals surface area contributed by atoms with Crippen molar-refractivity contribution < 1.29 is 14.6 Å². The second-order valence-electron chi connectivity index (χ2n) is 5.82. The van der Waals surface area contributed by atoms with Crippen molar-refractivity contribution in [3.05, 3.63) is 23.8 Å². The maximum Gasteiger partial charge on any atom is 0.231 e. The molecule has 2 N–H and O–H groups in total. The van der Waals surface area contributed by atoms with E-state index in [1.807, 2.05) is 18.2 Å². The van der Waals surface area contributed by atoms with Crippen LogP contribution in [0.15, 0.2) is 18.2 Å². The Morgan fingerprint density at radius 1 is 1.28 bits per heavy atom. The largest absolute Gasteiger partial charge is 0.454 e. The Hall–Kier alpha value is -1.26. The fraction of sp³-hybridized carbons (Fsp3) is 0.571. The summed E-state index contributed by atoms with van der Waals surface area (Å²) in [5.74, 6) is 1.45. The molecule has 1 aliphatic rings. The molecule has 2 rings (SSSR count). The van der Waals surface area contributed by atoms with Gasteiger partial charge in [0.25, 0.3) is 0 Å². The van der Waals surface area contributed by atoms with Crippen LogP contribution < -0.4 is 14.8 Å². The molecule has 0 saturated heterocycles. The number of nitrogens with one attached hydrogen (secondary N) is 1. The van der Waals surface area contributed by atoms with Gasteiger partial charge in [0.05, 0.1) is 6.10 Å². The van der Waals surface area contributed by atoms with Crippen LogP contribution in [-0.2, 0) is 0 Å². The minimum absolute atomic E-state index is 0.217. The number of aliphatic hydroxyl groups is 1. The van der Waals surface area contributed by atoms with E-state index in [1.54, 1.807) is 0 Å². The van der Waals surface area contributed by atoms with Crippen molar-refractivity contribution in [2.75, 3.05) is 19.9 Å². The van der Waals surface area contributed by atoms with E-state index < -0.39 is 6.10 Å². The van der Waals surface area contributed by atoms with Crippen LogP contribution in [0.1, 0.15) is 32.4 Å². The smallest absolute Gasteiger partial charge is 0.231 e. The monoisotopic (exact) mass is 251 g/mol. The van der Waals surface area contributed by atoms with Gasteiger partial charge in [-0.25, -0.2) is 0 Å². The van der Waals surface area contributed by atoms with Crippen LogP contribution in [0.3, 0.4) is 0 Å². The van der Waals surface area contributed by atoms with Crippen molar-refractivity contribution in [1.29, 1.82) is 0 Å². The van der Waals surface area contributed by atoms with Gasteiger partial charge in [-0.15, -0.1) is 0 Å². The number of hydrogen-bond acceptors (Lipinski definition) is 4. The molecule has 0 saturated carbocycles. The third-order valence-corrected chi connectivity index (χ3v) is 2.77. The first-order valence-electron chi connectivity index (χ1n) is 6.24. The summed E-state index contributed by atoms with van der Waals surface area (Å²) < 4.78 is 10.5. The first kappa shape index (κ1) is 13.2. The Balaban J connectivity index is 1.91. The Bertz CT molecular complexity index is 412. The molecule has 0 aromatic heterocycles. The lowest BCUT2D eigenvalue weighted by molar-refractivity contribution is 0.167. The summed E-state index contributed by atoms with van der Waals surface area (Å²) in [6.07, 6.45) is -0.526. The van der Waals surface area contributed by atoms with Crippen molar-refractivity contribution >= 4 is 0 Å². The van der Waals surface area contributed by atoms with E-state index in [1.165, 1.54) is 0 Å². The van der Waals surface area contributed by atoms with Crippen molar-refractivity contribution in [2.45, 2.75) is 26.9 Å². The van der Waals surface area contributed by atoms with Gasteiger partial charge < -0.3 is 19.9 Å². The Labute approximate surface area is 108 Å². The quantitative estimate of drug-likeness (QED) is 0.860. The molecule has 1 aromatic carbocycles. The van der Waals surface area contributed by atoms with E-state index in [9.17, 15) is 5.11 Å². The SMILES string of the molecule is CC(C)(C)CNCC(O)c1ccc2c(c1)OCO2. The summed E-state index contributed by atoms with van der Waals surface area (Å²) in [4.78, 5) is 0. The van der Waals surface area contributed by atoms with Crippen LogP contribution in [0, 0.1) is 5.41 Å². The van der Waals surface area contributed by atoms with Crippen molar-refractivity contribution in [3.8, 4) is 11.5 Å². The van der Waals surface area contributed by atoms with Crippen LogP contribution in [0.5, 0.6) is 11.5 Å². The number of hydrogen-bond donors (Lipinski definition) is 2. The second kappa shape index (κ2) is 5.16. The average Bonchev–Trinajstić information content (AvgIpc) is 2.73. The van der Waals surface area contributed by atoms with Crippen molar-refractivity contribution in [1.82, 2.24) is 5.32 Å². The second-order valence-corrected chi connectivity index (χ2v) is 5.82. The third-order valence-electron chi connectivity index (χ3n) is 2.77. The van der Waals surface area contributed by atoms with E-state index >= 15 is 0 Å². The molecule has 0 fully saturated rings. The summed E-state index contributed by atoms with van der Waals surface area (Å²) in [7, 11) is 0. The highest BCUT2D eigenvalue weighted by atomic mass is 16.7. The Morgan fingerprint density at radius 2 is 2.00 bits per heavy atom. The summed E-state index contributed by atoms with van der Waals surface area (Å²) in [5, 5.41) is 13.4. The number of benzene rings is 1. The molecule has 4 nitrogen and oxygen atoms in total. The molecule has 0 aliphatic carbocycles. The minimum atomic E-state index is -0.526. The van der Waals surface area contributed by atoms with E-state index in [2.05, 4.69) is 26.1 Å². The highest BCUT2D eigenvalue weighted by molar-refractivity contribution is 5.45. The lowest BCUT2D eigenvalue weighted by Crippen LogP contribution is -2.30. The number of aliphatic hydroxyl groups excluding tert-OH is 1. The predicted octanol–water partition coefficient (Wildman–Crippen LogP) is 2.08. The Kier molecular flexibility index (Phi) is 3.78. The van der Waals surface area contributed by atoms with Crippen LogP contribution in [-0.4, -0.2) is 25.0 Å². The topological polar surface area (TPSA) is 50.7 Å². The molecule has 0 spiro atoms. The van der Waals surface area contributed by atoms with Crippen LogP contribution in [0.4, 0.5) is 0 Å². The van der Waals surface area contributed by atoms with E-state index in [4.69, 9.17) is 9.47 Å². The maximum absolute atomic E-state index is 10.1. The van der Waals surface area contributed by atoms with Crippen molar-refractivity contribution in [3.63, 3.8) is 0 Å². The molecular weight excluding hydrogens is 230 g/mol. The molecule has 1 aliphatic heterocycles. The van der Waals surface area contributed by atoms with Gasteiger partial charge in [0, 0.05) is 13.1 Å². The lowest BCUT2D eigenvalue weighted by Gasteiger charge is -2.20. The zero-order valence-corrected chi connectivity index (χ0v) is 11.2. The summed E-state index contributed by atoms with van der Waals surface area (Å²) in [5.41, 5.74) is 1.06. The van der Waals surface area contributed by atoms with Gasteiger partial charge in [-0.1, -0.05) is 26.8 Å². The number of ether oxygens (including phenoxy) is 2. The molecular formula is C14H21NO3. The molecule has 18 heavy (non-hydrogen) atoms. The lowest BCUT2D eigenvalue weighted by atomic mass is 9.97. The zero-order chi connectivity index (χ0) is 13.2. The van der Waals surface area contributed by atoms with Gasteiger partial charge in [-0.2, -0.15) is 0 Å². The van der Waals surface area contributed by atoms with Gasteiger partial charge >= 0.3 is 0 Å². The Morgan fingerprint density at radius 3 is 2.72 bits per heavy atom. The number of rotatable bonds is 4. The van der Waals surface area contributed by atoms with Gasteiger partial charge in [0.2, 0.25) is 6.79 Å². The molecule has 0 bridgehead atoms. The third kappa shape index (κ3) is 3.37. The maximum atomic E-state index is 10.1. The average molecular weight is 251 g/mol. The fourth-order valence-electron chi connectivity index (χ4n) is 1.82. The van der Waals surface area contributed by atoms with Crippen molar-refractivity contribution in [2.24, 2.45) is 5.41 Å². The van der Waals surface area contributed by atoms with Gasteiger partial charge in [-0.05, 0) is 23.1 Å². The summed E-state index contributed by atoms with van der Waals surface area (Å²) in [6, 6.07) is 5.55. The highest BCUT2D eigenvalue weighted by Crippen LogP contribution is 2.34. The summed E-state index contributed by atoms with van der Waals surface area (Å²) >= 11 is 0. The highest BCUT2D eigenvalue weighted by Gasteiger charge is 2.17. The molecule has 1 unspecified atom stereocenters. The van der Waals surface area contributed by atoms with E-state index in [-0.39, 0.29) is 12.2 Å². The standard InChI is InChI=1S/C14H21NO3/c1-14(2,3)8-15-7-11(16)10-4-5-12-13(6-10)18-9-17-12/h4-6,11,15-16H,7-9H2,1-3H3. The predicted molar refractivity (Wildman–Crippen MR) is 69.8 cm³/mol. The fourth-order valence-corrected chi connectivity index (χ4v) is 1.82. The normalized spacial score (nSPS) is 15.8. The van der Waals surface area contributed by atoms with Gasteiger partial charge in [0.15, 0.2) is 11.5 Å².